The van der Waals surface area contributed by atoms with Crippen molar-refractivity contribution in [2.75, 3.05) is 231 Å². The van der Waals surface area contributed by atoms with Crippen molar-refractivity contribution in [3.63, 3.8) is 0 Å². The zero-order valence-corrected chi connectivity index (χ0v) is 71.1. The number of ketones is 5. The third-order valence-corrected chi connectivity index (χ3v) is 15.5. The van der Waals surface area contributed by atoms with Gasteiger partial charge in [0.25, 0.3) is 0 Å². The van der Waals surface area contributed by atoms with E-state index in [0.717, 1.165) is 110 Å². The van der Waals surface area contributed by atoms with Crippen LogP contribution < -0.4 is 0 Å². The Morgan fingerprint density at radius 3 is 0.348 bits per heavy atom. The first-order valence-corrected chi connectivity index (χ1v) is 40.7. The van der Waals surface area contributed by atoms with Gasteiger partial charge >= 0.3 is 0 Å². The number of benzene rings is 5. The van der Waals surface area contributed by atoms with Gasteiger partial charge in [-0.3, -0.25) is 24.0 Å². The van der Waals surface area contributed by atoms with Crippen LogP contribution in [0.25, 0.3) is 0 Å². The normalized spacial score (nSPS) is 10.9. The van der Waals surface area contributed by atoms with Crippen LogP contribution in [0.2, 0.25) is 0 Å². The van der Waals surface area contributed by atoms with Gasteiger partial charge < -0.3 is 94.7 Å². The maximum absolute atomic E-state index is 11.2. The van der Waals surface area contributed by atoms with Gasteiger partial charge in [-0.25, -0.2) is 0 Å². The fourth-order valence-electron chi connectivity index (χ4n) is 9.15. The van der Waals surface area contributed by atoms with Crippen molar-refractivity contribution < 1.29 is 119 Å². The van der Waals surface area contributed by atoms with Crippen LogP contribution in [0.15, 0.2) is 121 Å². The maximum atomic E-state index is 11.2. The summed E-state index contributed by atoms with van der Waals surface area (Å²) in [6, 6.07) is 37.3. The molecule has 650 valence electrons. The van der Waals surface area contributed by atoms with Gasteiger partial charge in [0.05, 0.1) is 231 Å². The molecule has 0 heterocycles. The molecule has 0 aliphatic carbocycles. The summed E-state index contributed by atoms with van der Waals surface area (Å²) in [6.45, 7) is 41.9. The van der Waals surface area contributed by atoms with Gasteiger partial charge in [0, 0.05) is 60.9 Å². The van der Waals surface area contributed by atoms with Gasteiger partial charge in [-0.05, 0) is 94.5 Å². The van der Waals surface area contributed by atoms with Crippen LogP contribution in [0.4, 0.5) is 0 Å². The number of hydrogen-bond acceptors (Lipinski definition) is 25. The molecule has 115 heavy (non-hydrogen) atoms. The zero-order valence-electron chi connectivity index (χ0n) is 71.1. The average Bonchev–Trinajstić information content (AvgIpc) is 0.928. The molecule has 0 spiro atoms. The fourth-order valence-corrected chi connectivity index (χ4v) is 9.15. The Labute approximate surface area is 687 Å². The van der Waals surface area contributed by atoms with Crippen LogP contribution in [0.5, 0.6) is 0 Å². The van der Waals surface area contributed by atoms with E-state index in [1.165, 1.54) is 0 Å². The van der Waals surface area contributed by atoms with E-state index in [4.69, 9.17) is 94.7 Å². The molecule has 0 atom stereocenters. The van der Waals surface area contributed by atoms with E-state index in [2.05, 4.69) is 34.6 Å². The van der Waals surface area contributed by atoms with E-state index >= 15 is 0 Å². The number of Topliss-reactive ketones (excluding diaryl/α,β-unsaturated/α-hetero) is 5. The first kappa shape index (κ1) is 107. The van der Waals surface area contributed by atoms with Crippen LogP contribution in [0.1, 0.15) is 181 Å². The molecule has 5 aromatic carbocycles. The van der Waals surface area contributed by atoms with Crippen molar-refractivity contribution in [3.05, 3.63) is 177 Å². The van der Waals surface area contributed by atoms with Crippen molar-refractivity contribution in [2.45, 2.75) is 134 Å². The van der Waals surface area contributed by atoms with Crippen molar-refractivity contribution in [1.29, 1.82) is 0 Å². The minimum Gasteiger partial charge on any atom is -0.379 e. The minimum atomic E-state index is 0.0670. The molecule has 5 aromatic rings. The Kier molecular flexibility index (Phi) is 74.3. The lowest BCUT2D eigenvalue weighted by molar-refractivity contribution is -0.0176. The lowest BCUT2D eigenvalue weighted by atomic mass is 10.1. The summed E-state index contributed by atoms with van der Waals surface area (Å²) in [5.74, 6) is 0.379. The molecule has 25 nitrogen and oxygen atoms in total. The van der Waals surface area contributed by atoms with Gasteiger partial charge in [0.1, 0.15) is 0 Å². The average molecular weight is 1620 g/mol. The summed E-state index contributed by atoms with van der Waals surface area (Å²) >= 11 is 0. The summed E-state index contributed by atoms with van der Waals surface area (Å²) in [5, 5.41) is 0. The first-order valence-electron chi connectivity index (χ1n) is 40.7. The van der Waals surface area contributed by atoms with E-state index in [0.29, 0.717) is 242 Å². The largest absolute Gasteiger partial charge is 0.379 e. The highest BCUT2D eigenvalue weighted by molar-refractivity contribution is 5.95. The summed E-state index contributed by atoms with van der Waals surface area (Å²) in [6.07, 6.45) is 5.16. The Morgan fingerprint density at radius 1 is 0.157 bits per heavy atom. The third kappa shape index (κ3) is 67.3. The van der Waals surface area contributed by atoms with Crippen LogP contribution in [0, 0.1) is 0 Å². The SMILES string of the molecule is CCCOCCOCCOCCOCCOCCOCc1ccc(C(C)=O)cc1.CCCOCCOCCOCCOCCOCc1ccc(C(C)=O)cc1.CCCOCCOCCOCCOCc1ccc(C(C)=O)cc1.CCCOCCOCCOCc1ccc(C(C)=O)cc1.CCCOCCOCc1ccc(C(C)=O)cc1. The molecule has 0 saturated heterocycles. The number of carbonyl (C=O) groups excluding carboxylic acids is 5. The van der Waals surface area contributed by atoms with Gasteiger partial charge in [-0.15, -0.1) is 0 Å². The predicted octanol–water partition coefficient (Wildman–Crippen LogP) is 14.3. The molecule has 25 heteroatoms. The Bertz CT molecular complexity index is 3030. The van der Waals surface area contributed by atoms with Gasteiger partial charge in [0.15, 0.2) is 28.9 Å². The molecule has 5 rings (SSSR count). The third-order valence-electron chi connectivity index (χ3n) is 15.5. The molecule has 0 N–H and O–H groups in total. The van der Waals surface area contributed by atoms with Crippen LogP contribution in [0.3, 0.4) is 0 Å². The van der Waals surface area contributed by atoms with E-state index in [-0.39, 0.29) is 28.9 Å². The summed E-state index contributed by atoms with van der Waals surface area (Å²) < 4.78 is 108. The lowest BCUT2D eigenvalue weighted by Crippen LogP contribution is -2.14. The quantitative estimate of drug-likeness (QED) is 0.0258. The first-order chi connectivity index (χ1) is 56.2. The summed E-state index contributed by atoms with van der Waals surface area (Å²) in [7, 11) is 0. The Morgan fingerprint density at radius 2 is 0.252 bits per heavy atom. The van der Waals surface area contributed by atoms with Gasteiger partial charge in [0.2, 0.25) is 0 Å². The highest BCUT2D eigenvalue weighted by atomic mass is 16.6. The smallest absolute Gasteiger partial charge is 0.159 e. The van der Waals surface area contributed by atoms with Gasteiger partial charge in [-0.1, -0.05) is 156 Å². The number of hydrogen-bond donors (Lipinski definition) is 0. The van der Waals surface area contributed by atoms with Crippen molar-refractivity contribution in [1.82, 2.24) is 0 Å². The number of ether oxygens (including phenoxy) is 20. The molecule has 0 bridgehead atoms. The number of carbonyl (C=O) groups is 5. The molecule has 0 aromatic heterocycles. The monoisotopic (exact) mass is 1620 g/mol. The Hall–Kier alpha value is -6.35. The molecule has 0 aliphatic heterocycles. The van der Waals surface area contributed by atoms with Crippen LogP contribution in [-0.2, 0) is 128 Å². The maximum Gasteiger partial charge on any atom is 0.159 e. The summed E-state index contributed by atoms with van der Waals surface area (Å²) in [5.41, 5.74) is 8.86. The molecule has 0 amide bonds. The Balaban J connectivity index is 0.000000726. The highest BCUT2D eigenvalue weighted by Crippen LogP contribution is 2.12. The second-order valence-electron chi connectivity index (χ2n) is 25.7. The molecule has 0 saturated carbocycles. The van der Waals surface area contributed by atoms with Crippen molar-refractivity contribution in [3.8, 4) is 0 Å². The fraction of sp³-hybridized carbons (Fsp3) is 0.611. The minimum absolute atomic E-state index is 0.0670. The molecule has 0 aliphatic rings. The second kappa shape index (κ2) is 80.1. The molecular formula is C90H140O25. The zero-order chi connectivity index (χ0) is 83.8. The standard InChI is InChI=1S/C22H36O7.C20H32O6.C18H28O5.C16H24O4.C14H20O3/c1-3-8-24-9-10-25-11-12-26-13-14-27-15-16-28-17-18-29-19-21-4-6-22(7-5-21)20(2)23;1-3-8-22-9-10-23-11-12-24-13-14-25-15-16-26-17-19-4-6-20(7-5-19)18(2)21;1-3-8-20-9-10-21-11-12-22-13-14-23-15-17-4-6-18(7-5-17)16(2)19;1-3-8-18-9-10-19-11-12-20-13-15-4-6-16(7-5-15)14(2)17;1-3-8-16-9-10-17-11-13-4-6-14(7-5-13)12(2)15/h4-7H,3,8-19H2,1-2H3;4-7H,3,8-17H2,1-2H3;4-7H,3,8-15H2,1-2H3;4-7H,3,8-13H2,1-2H3;4-7H,3,8-11H2,1-2H3. The second-order valence-corrected chi connectivity index (χ2v) is 25.7. The molecule has 0 unspecified atom stereocenters. The predicted molar refractivity (Wildman–Crippen MR) is 444 cm³/mol. The van der Waals surface area contributed by atoms with E-state index in [9.17, 15) is 24.0 Å². The molecule has 0 radical (unpaired) electrons. The lowest BCUT2D eigenvalue weighted by Gasteiger charge is -2.08. The highest BCUT2D eigenvalue weighted by Gasteiger charge is 2.06. The van der Waals surface area contributed by atoms with E-state index in [1.54, 1.807) is 34.6 Å². The van der Waals surface area contributed by atoms with Crippen molar-refractivity contribution >= 4 is 28.9 Å². The molecule has 0 fully saturated rings. The topological polar surface area (TPSA) is 270 Å². The van der Waals surface area contributed by atoms with E-state index < -0.39 is 0 Å². The summed E-state index contributed by atoms with van der Waals surface area (Å²) in [4.78, 5) is 55.8. The van der Waals surface area contributed by atoms with E-state index in [1.807, 2.05) is 121 Å². The number of rotatable bonds is 70. The van der Waals surface area contributed by atoms with Crippen molar-refractivity contribution in [2.24, 2.45) is 0 Å². The van der Waals surface area contributed by atoms with Crippen LogP contribution >= 0.6 is 0 Å². The van der Waals surface area contributed by atoms with Crippen LogP contribution in [-0.4, -0.2) is 260 Å². The van der Waals surface area contributed by atoms with Gasteiger partial charge in [-0.2, -0.15) is 0 Å². The molecular weight excluding hydrogens is 1480 g/mol.